The predicted octanol–water partition coefficient (Wildman–Crippen LogP) is 4.30. The van der Waals surface area contributed by atoms with Gasteiger partial charge in [-0.15, -0.1) is 0 Å². The maximum absolute atomic E-state index is 4.40. The third kappa shape index (κ3) is 7.27. The van der Waals surface area contributed by atoms with E-state index in [0.717, 1.165) is 24.5 Å². The van der Waals surface area contributed by atoms with E-state index >= 15 is 0 Å². The fraction of sp³-hybridized carbons (Fsp3) is 0.643. The van der Waals surface area contributed by atoms with Crippen LogP contribution in [-0.2, 0) is 0 Å². The summed E-state index contributed by atoms with van der Waals surface area (Å²) in [7, 11) is 0. The molecule has 0 saturated heterocycles. The minimum Gasteiger partial charge on any atom is -0.370 e. The second kappa shape index (κ2) is 12.0. The molecule has 0 aromatic carbocycles. The highest BCUT2D eigenvalue weighted by atomic mass is 15.0. The van der Waals surface area contributed by atoms with Crippen LogP contribution in [0.25, 0.3) is 0 Å². The number of hydrogen-bond donors (Lipinski definition) is 1. The lowest BCUT2D eigenvalue weighted by atomic mass is 10.1. The lowest BCUT2D eigenvalue weighted by Gasteiger charge is -2.16. The van der Waals surface area contributed by atoms with Crippen molar-refractivity contribution < 1.29 is 0 Å². The molecule has 0 amide bonds. The van der Waals surface area contributed by atoms with E-state index < -0.39 is 0 Å². The first-order chi connectivity index (χ1) is 7.74. The molecule has 2 heteroatoms. The zero-order valence-electron chi connectivity index (χ0n) is 11.9. The zero-order valence-corrected chi connectivity index (χ0v) is 11.9. The van der Waals surface area contributed by atoms with E-state index in [1.54, 1.807) is 6.08 Å². The molecular formula is C14H28N2. The number of aliphatic imine (C=N–C) groups is 1. The van der Waals surface area contributed by atoms with Crippen LogP contribution in [0, 0.1) is 0 Å². The molecule has 1 rings (SSSR count). The fourth-order valence-corrected chi connectivity index (χ4v) is 1.19. The van der Waals surface area contributed by atoms with Crippen LogP contribution >= 0.6 is 0 Å². The van der Waals surface area contributed by atoms with Crippen molar-refractivity contribution in [3.05, 3.63) is 24.0 Å². The Bertz CT molecular complexity index is 237. The molecule has 0 radical (unpaired) electrons. The Morgan fingerprint density at radius 1 is 1.31 bits per heavy atom. The smallest absolute Gasteiger partial charge is 0.125 e. The summed E-state index contributed by atoms with van der Waals surface area (Å²) in [6.07, 6.45) is 4.16. The molecule has 0 saturated carbocycles. The molecular weight excluding hydrogens is 196 g/mol. The number of hydrogen-bond acceptors (Lipinski definition) is 2. The Balaban J connectivity index is 0. The minimum absolute atomic E-state index is 0.971. The topological polar surface area (TPSA) is 24.4 Å². The van der Waals surface area contributed by atoms with Crippen molar-refractivity contribution in [2.45, 2.75) is 54.4 Å². The number of nitrogens with zero attached hydrogens (tertiary/aromatic N) is 1. The van der Waals surface area contributed by atoms with Gasteiger partial charge in [0, 0.05) is 12.3 Å². The molecule has 94 valence electrons. The Hall–Kier alpha value is -1.05. The van der Waals surface area contributed by atoms with Crippen molar-refractivity contribution in [2.24, 2.45) is 4.99 Å². The van der Waals surface area contributed by atoms with E-state index in [1.807, 2.05) is 34.6 Å². The monoisotopic (exact) mass is 224 g/mol. The molecule has 0 aromatic heterocycles. The van der Waals surface area contributed by atoms with Gasteiger partial charge in [-0.2, -0.15) is 0 Å². The van der Waals surface area contributed by atoms with E-state index in [4.69, 9.17) is 0 Å². The molecule has 1 aliphatic rings. The van der Waals surface area contributed by atoms with Crippen LogP contribution < -0.4 is 5.32 Å². The molecule has 0 spiro atoms. The van der Waals surface area contributed by atoms with Gasteiger partial charge < -0.3 is 5.32 Å². The second-order valence-corrected chi connectivity index (χ2v) is 3.12. The van der Waals surface area contributed by atoms with Crippen LogP contribution in [0.5, 0.6) is 0 Å². The SMILES string of the molecule is C=C/C(C)=N\C1=C(C)CCCN1.CC.CC. The summed E-state index contributed by atoms with van der Waals surface area (Å²) in [5.74, 6) is 1.04. The van der Waals surface area contributed by atoms with Gasteiger partial charge in [-0.25, -0.2) is 4.99 Å². The second-order valence-electron chi connectivity index (χ2n) is 3.12. The van der Waals surface area contributed by atoms with Gasteiger partial charge in [-0.05, 0) is 38.3 Å². The fourth-order valence-electron chi connectivity index (χ4n) is 1.19. The lowest BCUT2D eigenvalue weighted by molar-refractivity contribution is 0.655. The van der Waals surface area contributed by atoms with Gasteiger partial charge >= 0.3 is 0 Å². The first kappa shape index (κ1) is 17.3. The first-order valence-electron chi connectivity index (χ1n) is 6.35. The molecule has 2 nitrogen and oxygen atoms in total. The Morgan fingerprint density at radius 3 is 2.31 bits per heavy atom. The molecule has 0 atom stereocenters. The van der Waals surface area contributed by atoms with Gasteiger partial charge in [0.1, 0.15) is 5.82 Å². The summed E-state index contributed by atoms with van der Waals surface area (Å²) in [5, 5.41) is 3.28. The molecule has 0 aliphatic carbocycles. The normalized spacial score (nSPS) is 15.0. The third-order valence-electron chi connectivity index (χ3n) is 2.01. The molecule has 0 fully saturated rings. The van der Waals surface area contributed by atoms with Crippen molar-refractivity contribution in [3.8, 4) is 0 Å². The van der Waals surface area contributed by atoms with E-state index in [9.17, 15) is 0 Å². The van der Waals surface area contributed by atoms with Crippen molar-refractivity contribution in [2.75, 3.05) is 6.54 Å². The highest BCUT2D eigenvalue weighted by Crippen LogP contribution is 2.14. The molecule has 1 heterocycles. The summed E-state index contributed by atoms with van der Waals surface area (Å²) in [5.41, 5.74) is 2.32. The van der Waals surface area contributed by atoms with Crippen molar-refractivity contribution in [1.29, 1.82) is 0 Å². The van der Waals surface area contributed by atoms with Crippen molar-refractivity contribution in [1.82, 2.24) is 5.32 Å². The third-order valence-corrected chi connectivity index (χ3v) is 2.01. The zero-order chi connectivity index (χ0) is 13.0. The Kier molecular flexibility index (Phi) is 13.0. The van der Waals surface area contributed by atoms with Crippen LogP contribution in [0.3, 0.4) is 0 Å². The number of allylic oxidation sites excluding steroid dienone is 2. The summed E-state index contributed by atoms with van der Waals surface area (Å²) in [6.45, 7) is 16.8. The van der Waals surface area contributed by atoms with Crippen LogP contribution in [-0.4, -0.2) is 12.3 Å². The maximum atomic E-state index is 4.40. The van der Waals surface area contributed by atoms with Crippen LogP contribution in [0.1, 0.15) is 54.4 Å². The predicted molar refractivity (Wildman–Crippen MR) is 75.9 cm³/mol. The lowest BCUT2D eigenvalue weighted by Crippen LogP contribution is -2.20. The van der Waals surface area contributed by atoms with Crippen molar-refractivity contribution >= 4 is 5.71 Å². The van der Waals surface area contributed by atoms with Gasteiger partial charge in [-0.1, -0.05) is 34.3 Å². The van der Waals surface area contributed by atoms with Gasteiger partial charge in [0.2, 0.25) is 0 Å². The molecule has 16 heavy (non-hydrogen) atoms. The van der Waals surface area contributed by atoms with Gasteiger partial charge in [0.15, 0.2) is 0 Å². The number of nitrogens with one attached hydrogen (secondary N) is 1. The van der Waals surface area contributed by atoms with Crippen LogP contribution in [0.2, 0.25) is 0 Å². The molecule has 1 aliphatic heterocycles. The van der Waals surface area contributed by atoms with E-state index in [-0.39, 0.29) is 0 Å². The van der Waals surface area contributed by atoms with Crippen molar-refractivity contribution in [3.63, 3.8) is 0 Å². The van der Waals surface area contributed by atoms with E-state index in [1.165, 1.54) is 12.0 Å². The van der Waals surface area contributed by atoms with E-state index in [2.05, 4.69) is 23.8 Å². The molecule has 1 N–H and O–H groups in total. The highest BCUT2D eigenvalue weighted by Gasteiger charge is 2.06. The van der Waals surface area contributed by atoms with Gasteiger partial charge in [-0.3, -0.25) is 0 Å². The first-order valence-corrected chi connectivity index (χ1v) is 6.35. The quantitative estimate of drug-likeness (QED) is 0.695. The Morgan fingerprint density at radius 2 is 1.88 bits per heavy atom. The van der Waals surface area contributed by atoms with Gasteiger partial charge in [0.25, 0.3) is 0 Å². The Labute approximate surface area is 102 Å². The maximum Gasteiger partial charge on any atom is 0.125 e. The van der Waals surface area contributed by atoms with Gasteiger partial charge in [0.05, 0.1) is 0 Å². The summed E-state index contributed by atoms with van der Waals surface area (Å²) in [6, 6.07) is 0. The average molecular weight is 224 g/mol. The van der Waals surface area contributed by atoms with Crippen LogP contribution in [0.15, 0.2) is 29.0 Å². The summed E-state index contributed by atoms with van der Waals surface area (Å²) < 4.78 is 0. The largest absolute Gasteiger partial charge is 0.370 e. The standard InChI is InChI=1S/C10H16N2.2C2H6/c1-4-9(3)12-10-8(2)6-5-7-11-10;2*1-2/h4,11H,1,5-7H2,2-3H3;2*1-2H3/b12-9-;;. The summed E-state index contributed by atoms with van der Waals surface area (Å²) >= 11 is 0. The summed E-state index contributed by atoms with van der Waals surface area (Å²) in [4.78, 5) is 4.40. The molecule has 0 aromatic rings. The minimum atomic E-state index is 0.971. The highest BCUT2D eigenvalue weighted by molar-refractivity contribution is 5.92. The molecule has 0 unspecified atom stereocenters. The van der Waals surface area contributed by atoms with E-state index in [0.29, 0.717) is 0 Å². The van der Waals surface area contributed by atoms with Crippen LogP contribution in [0.4, 0.5) is 0 Å². The number of rotatable bonds is 2. The average Bonchev–Trinajstić information content (AvgIpc) is 2.37. The molecule has 0 bridgehead atoms.